The van der Waals surface area contributed by atoms with Crippen molar-refractivity contribution < 1.29 is 4.74 Å². The van der Waals surface area contributed by atoms with Crippen LogP contribution < -0.4 is 0 Å². The van der Waals surface area contributed by atoms with E-state index in [9.17, 15) is 0 Å². The molecule has 24 heavy (non-hydrogen) atoms. The summed E-state index contributed by atoms with van der Waals surface area (Å²) in [5, 5.41) is 0. The molecule has 2 heterocycles. The lowest BCUT2D eigenvalue weighted by molar-refractivity contribution is 0.102. The molecule has 122 valence electrons. The number of nitrogens with zero attached hydrogens (tertiary/aromatic N) is 3. The first-order chi connectivity index (χ1) is 11.7. The highest BCUT2D eigenvalue weighted by Gasteiger charge is 2.04. The van der Waals surface area contributed by atoms with Crippen LogP contribution in [0.1, 0.15) is 36.7 Å². The lowest BCUT2D eigenvalue weighted by Gasteiger charge is -2.08. The van der Waals surface area contributed by atoms with Gasteiger partial charge in [0.25, 0.3) is 0 Å². The van der Waals surface area contributed by atoms with E-state index in [2.05, 4.69) is 53.1 Å². The minimum absolute atomic E-state index is 0.418. The normalized spacial score (nSPS) is 11.0. The van der Waals surface area contributed by atoms with Crippen molar-refractivity contribution in [3.05, 3.63) is 78.0 Å². The van der Waals surface area contributed by atoms with Crippen LogP contribution >= 0.6 is 0 Å². The Labute approximate surface area is 142 Å². The first kappa shape index (κ1) is 16.3. The van der Waals surface area contributed by atoms with E-state index in [-0.39, 0.29) is 0 Å². The van der Waals surface area contributed by atoms with Crippen LogP contribution in [0.15, 0.2) is 61.1 Å². The molecule has 0 atom stereocenters. The van der Waals surface area contributed by atoms with Gasteiger partial charge in [0, 0.05) is 11.8 Å². The predicted molar refractivity (Wildman–Crippen MR) is 94.3 cm³/mol. The predicted octanol–water partition coefficient (Wildman–Crippen LogP) is 4.38. The molecule has 0 saturated carbocycles. The van der Waals surface area contributed by atoms with Crippen LogP contribution in [-0.4, -0.2) is 15.0 Å². The molecule has 4 nitrogen and oxygen atoms in total. The molecule has 3 rings (SSSR count). The van der Waals surface area contributed by atoms with E-state index in [1.54, 1.807) is 18.6 Å². The van der Waals surface area contributed by atoms with Gasteiger partial charge in [-0.2, -0.15) is 0 Å². The maximum Gasteiger partial charge on any atom is 0.0909 e. The van der Waals surface area contributed by atoms with Crippen LogP contribution in [0.3, 0.4) is 0 Å². The highest BCUT2D eigenvalue weighted by atomic mass is 16.5. The number of rotatable bonds is 6. The Bertz CT molecular complexity index is 770. The SMILES string of the molecule is CC(C)c1ccc(-c2cncc(COCc3ccccn3)n2)cc1. The number of aromatic nitrogens is 3. The zero-order valence-corrected chi connectivity index (χ0v) is 14.0. The van der Waals surface area contributed by atoms with E-state index in [0.717, 1.165) is 22.6 Å². The highest BCUT2D eigenvalue weighted by molar-refractivity contribution is 5.58. The summed E-state index contributed by atoms with van der Waals surface area (Å²) in [4.78, 5) is 13.2. The zero-order valence-electron chi connectivity index (χ0n) is 14.0. The summed E-state index contributed by atoms with van der Waals surface area (Å²) in [6.45, 7) is 5.26. The Kier molecular flexibility index (Phi) is 5.29. The molecule has 4 heteroatoms. The van der Waals surface area contributed by atoms with Crippen molar-refractivity contribution in [1.82, 2.24) is 15.0 Å². The lowest BCUT2D eigenvalue weighted by atomic mass is 10.0. The maximum absolute atomic E-state index is 5.68. The summed E-state index contributed by atoms with van der Waals surface area (Å²) in [6, 6.07) is 14.3. The van der Waals surface area contributed by atoms with Crippen molar-refractivity contribution in [3.8, 4) is 11.3 Å². The Morgan fingerprint density at radius 1 is 0.917 bits per heavy atom. The van der Waals surface area contributed by atoms with Gasteiger partial charge < -0.3 is 4.74 Å². The van der Waals surface area contributed by atoms with Crippen molar-refractivity contribution in [2.24, 2.45) is 0 Å². The largest absolute Gasteiger partial charge is 0.369 e. The number of pyridine rings is 1. The average Bonchev–Trinajstić information content (AvgIpc) is 2.63. The molecule has 0 aliphatic rings. The van der Waals surface area contributed by atoms with E-state index in [4.69, 9.17) is 4.74 Å². The molecule has 1 aromatic carbocycles. The second-order valence-electron chi connectivity index (χ2n) is 5.99. The molecular formula is C20H21N3O. The monoisotopic (exact) mass is 319 g/mol. The van der Waals surface area contributed by atoms with Crippen molar-refractivity contribution in [2.75, 3.05) is 0 Å². The third kappa shape index (κ3) is 4.24. The molecule has 0 fully saturated rings. The van der Waals surface area contributed by atoms with E-state index < -0.39 is 0 Å². The summed E-state index contributed by atoms with van der Waals surface area (Å²) in [7, 11) is 0. The van der Waals surface area contributed by atoms with Crippen LogP contribution in [0.4, 0.5) is 0 Å². The maximum atomic E-state index is 5.68. The van der Waals surface area contributed by atoms with Gasteiger partial charge in [0.2, 0.25) is 0 Å². The average molecular weight is 319 g/mol. The van der Waals surface area contributed by atoms with E-state index in [1.807, 2.05) is 18.2 Å². The molecule has 0 amide bonds. The Hall–Kier alpha value is -2.59. The second kappa shape index (κ2) is 7.79. The smallest absolute Gasteiger partial charge is 0.0909 e. The van der Waals surface area contributed by atoms with Gasteiger partial charge in [-0.3, -0.25) is 9.97 Å². The van der Waals surface area contributed by atoms with Crippen LogP contribution in [0, 0.1) is 0 Å². The summed E-state index contributed by atoms with van der Waals surface area (Å²) < 4.78 is 5.68. The van der Waals surface area contributed by atoms with Gasteiger partial charge in [-0.05, 0) is 23.6 Å². The standard InChI is InChI=1S/C20H21N3O/c1-15(2)16-6-8-17(9-7-16)20-12-21-11-19(23-20)14-24-13-18-5-3-4-10-22-18/h3-12,15H,13-14H2,1-2H3. The first-order valence-electron chi connectivity index (χ1n) is 8.11. The van der Waals surface area contributed by atoms with Gasteiger partial charge in [-0.15, -0.1) is 0 Å². The molecule has 0 aliphatic heterocycles. The number of ether oxygens (including phenoxy) is 1. The van der Waals surface area contributed by atoms with Crippen molar-refractivity contribution in [2.45, 2.75) is 33.0 Å². The summed E-state index contributed by atoms with van der Waals surface area (Å²) in [5.74, 6) is 0.525. The number of benzene rings is 1. The molecule has 0 aliphatic carbocycles. The van der Waals surface area contributed by atoms with Crippen LogP contribution in [-0.2, 0) is 18.0 Å². The van der Waals surface area contributed by atoms with Crippen molar-refractivity contribution in [3.63, 3.8) is 0 Å². The van der Waals surface area contributed by atoms with Gasteiger partial charge >= 0.3 is 0 Å². The van der Waals surface area contributed by atoms with Gasteiger partial charge in [0.15, 0.2) is 0 Å². The third-order valence-corrected chi connectivity index (χ3v) is 3.78. The summed E-state index contributed by atoms with van der Waals surface area (Å²) >= 11 is 0. The van der Waals surface area contributed by atoms with E-state index in [1.165, 1.54) is 5.56 Å². The fraction of sp³-hybridized carbons (Fsp3) is 0.250. The minimum atomic E-state index is 0.418. The van der Waals surface area contributed by atoms with Crippen molar-refractivity contribution in [1.29, 1.82) is 0 Å². The topological polar surface area (TPSA) is 47.9 Å². The van der Waals surface area contributed by atoms with Crippen LogP contribution in [0.5, 0.6) is 0 Å². The van der Waals surface area contributed by atoms with Crippen molar-refractivity contribution >= 4 is 0 Å². The Balaban J connectivity index is 1.65. The van der Waals surface area contributed by atoms with Crippen LogP contribution in [0.2, 0.25) is 0 Å². The molecule has 0 spiro atoms. The quantitative estimate of drug-likeness (QED) is 0.676. The van der Waals surface area contributed by atoms with E-state index in [0.29, 0.717) is 19.1 Å². The Morgan fingerprint density at radius 3 is 2.42 bits per heavy atom. The van der Waals surface area contributed by atoms with Gasteiger partial charge in [0.1, 0.15) is 0 Å². The van der Waals surface area contributed by atoms with Gasteiger partial charge in [0.05, 0.1) is 42.7 Å². The molecule has 0 N–H and O–H groups in total. The number of hydrogen-bond acceptors (Lipinski definition) is 4. The summed E-state index contributed by atoms with van der Waals surface area (Å²) in [6.07, 6.45) is 5.29. The molecule has 0 unspecified atom stereocenters. The molecule has 3 aromatic rings. The number of hydrogen-bond donors (Lipinski definition) is 0. The fourth-order valence-electron chi connectivity index (χ4n) is 2.40. The molecule has 0 radical (unpaired) electrons. The highest BCUT2D eigenvalue weighted by Crippen LogP contribution is 2.21. The zero-order chi connectivity index (χ0) is 16.8. The van der Waals surface area contributed by atoms with Gasteiger partial charge in [-0.25, -0.2) is 4.98 Å². The molecule has 0 saturated heterocycles. The minimum Gasteiger partial charge on any atom is -0.369 e. The van der Waals surface area contributed by atoms with Gasteiger partial charge in [-0.1, -0.05) is 44.2 Å². The third-order valence-electron chi connectivity index (χ3n) is 3.78. The Morgan fingerprint density at radius 2 is 1.71 bits per heavy atom. The lowest BCUT2D eigenvalue weighted by Crippen LogP contribution is -2.00. The molecule has 0 bridgehead atoms. The fourth-order valence-corrected chi connectivity index (χ4v) is 2.40. The second-order valence-corrected chi connectivity index (χ2v) is 5.99. The summed E-state index contributed by atoms with van der Waals surface area (Å²) in [5.41, 5.74) is 4.98. The van der Waals surface area contributed by atoms with E-state index >= 15 is 0 Å². The molecular weight excluding hydrogens is 298 g/mol. The first-order valence-corrected chi connectivity index (χ1v) is 8.11. The van der Waals surface area contributed by atoms with Crippen LogP contribution in [0.25, 0.3) is 11.3 Å². The molecule has 2 aromatic heterocycles.